The number of amides is 2. The summed E-state index contributed by atoms with van der Waals surface area (Å²) in [7, 11) is 1.44. The largest absolute Gasteiger partial charge is 0.493 e. The first-order valence-electron chi connectivity index (χ1n) is 8.31. The quantitative estimate of drug-likeness (QED) is 0.754. The molecule has 2 fully saturated rings. The minimum atomic E-state index is -0.624. The zero-order valence-corrected chi connectivity index (χ0v) is 14.8. The van der Waals surface area contributed by atoms with Gasteiger partial charge in [-0.05, 0) is 31.4 Å². The highest BCUT2D eigenvalue weighted by Gasteiger charge is 2.35. The molecule has 1 aromatic carbocycles. The van der Waals surface area contributed by atoms with E-state index in [9.17, 15) is 9.59 Å². The van der Waals surface area contributed by atoms with E-state index in [1.54, 1.807) is 6.07 Å². The maximum atomic E-state index is 12.5. The lowest BCUT2D eigenvalue weighted by Crippen LogP contribution is -2.37. The summed E-state index contributed by atoms with van der Waals surface area (Å²) in [4.78, 5) is 25.8. The number of hydrogen-bond acceptors (Lipinski definition) is 5. The van der Waals surface area contributed by atoms with E-state index in [2.05, 4.69) is 10.2 Å². The Morgan fingerprint density at radius 2 is 2.12 bits per heavy atom. The molecule has 0 aromatic heterocycles. The van der Waals surface area contributed by atoms with Crippen molar-refractivity contribution in [1.29, 1.82) is 0 Å². The van der Waals surface area contributed by atoms with Crippen molar-refractivity contribution in [1.82, 2.24) is 10.2 Å². The van der Waals surface area contributed by atoms with Crippen LogP contribution in [-0.4, -0.2) is 55.6 Å². The van der Waals surface area contributed by atoms with Gasteiger partial charge in [-0.15, -0.1) is 0 Å². The van der Waals surface area contributed by atoms with Gasteiger partial charge in [0.25, 0.3) is 11.8 Å². The van der Waals surface area contributed by atoms with Crippen molar-refractivity contribution in [2.45, 2.75) is 31.3 Å². The smallest absolute Gasteiger partial charge is 0.255 e. The standard InChI is InChI=1S/C17H22ClN3O4/c1-24-14-7-10(6-13(18)16(14)25-9-15(19)22)17(23)20-11-4-5-21(8-11)12-2-3-12/h6-7,11-12H,2-5,8-9H2,1H3,(H2,19,22)(H,20,23). The van der Waals surface area contributed by atoms with Crippen molar-refractivity contribution >= 4 is 23.4 Å². The summed E-state index contributed by atoms with van der Waals surface area (Å²) in [6, 6.07) is 3.90. The molecule has 8 heteroatoms. The molecule has 1 aliphatic heterocycles. The Morgan fingerprint density at radius 1 is 1.36 bits per heavy atom. The first-order valence-corrected chi connectivity index (χ1v) is 8.69. The number of halogens is 1. The van der Waals surface area contributed by atoms with Crippen LogP contribution in [0.1, 0.15) is 29.6 Å². The van der Waals surface area contributed by atoms with E-state index < -0.39 is 5.91 Å². The minimum Gasteiger partial charge on any atom is -0.493 e. The maximum absolute atomic E-state index is 12.5. The second-order valence-corrected chi connectivity index (χ2v) is 6.84. The van der Waals surface area contributed by atoms with Crippen LogP contribution < -0.4 is 20.5 Å². The van der Waals surface area contributed by atoms with Gasteiger partial charge >= 0.3 is 0 Å². The molecule has 1 aliphatic carbocycles. The van der Waals surface area contributed by atoms with Crippen molar-refractivity contribution < 1.29 is 19.1 Å². The second kappa shape index (κ2) is 7.49. The highest BCUT2D eigenvalue weighted by Crippen LogP contribution is 2.36. The van der Waals surface area contributed by atoms with E-state index in [-0.39, 0.29) is 35.1 Å². The Labute approximate surface area is 151 Å². The Hall–Kier alpha value is -1.99. The SMILES string of the molecule is COc1cc(C(=O)NC2CCN(C3CC3)C2)cc(Cl)c1OCC(N)=O. The number of rotatable bonds is 7. The average Bonchev–Trinajstić information content (AvgIpc) is 3.32. The van der Waals surface area contributed by atoms with Gasteiger partial charge in [0.05, 0.1) is 12.1 Å². The molecule has 1 saturated carbocycles. The topological polar surface area (TPSA) is 93.9 Å². The summed E-state index contributed by atoms with van der Waals surface area (Å²) in [5, 5.41) is 3.24. The van der Waals surface area contributed by atoms with Crippen molar-refractivity contribution in [2.24, 2.45) is 5.73 Å². The third-order valence-corrected chi connectivity index (χ3v) is 4.75. The summed E-state index contributed by atoms with van der Waals surface area (Å²) in [6.45, 7) is 1.60. The summed E-state index contributed by atoms with van der Waals surface area (Å²) in [5.41, 5.74) is 5.46. The first kappa shape index (κ1) is 17.8. The number of ether oxygens (including phenoxy) is 2. The molecule has 1 heterocycles. The zero-order valence-electron chi connectivity index (χ0n) is 14.1. The molecule has 3 N–H and O–H groups in total. The number of carbonyl (C=O) groups is 2. The number of primary amides is 1. The van der Waals surface area contributed by atoms with Gasteiger partial charge in [0, 0.05) is 30.7 Å². The molecule has 2 aliphatic rings. The number of benzene rings is 1. The van der Waals surface area contributed by atoms with Gasteiger partial charge < -0.3 is 20.5 Å². The normalized spacial score (nSPS) is 20.3. The van der Waals surface area contributed by atoms with Crippen LogP contribution in [-0.2, 0) is 4.79 Å². The highest BCUT2D eigenvalue weighted by molar-refractivity contribution is 6.32. The molecule has 1 unspecified atom stereocenters. The predicted octanol–water partition coefficient (Wildman–Crippen LogP) is 1.18. The van der Waals surface area contributed by atoms with E-state index in [4.69, 9.17) is 26.8 Å². The lowest BCUT2D eigenvalue weighted by Gasteiger charge is -2.17. The summed E-state index contributed by atoms with van der Waals surface area (Å²) in [5.74, 6) is -0.351. The third-order valence-electron chi connectivity index (χ3n) is 4.47. The van der Waals surface area contributed by atoms with Crippen LogP contribution in [0.5, 0.6) is 11.5 Å². The molecule has 1 atom stereocenters. The Kier molecular flexibility index (Phi) is 5.34. The van der Waals surface area contributed by atoms with E-state index in [1.807, 2.05) is 0 Å². The fourth-order valence-electron chi connectivity index (χ4n) is 3.08. The molecular formula is C17H22ClN3O4. The van der Waals surface area contributed by atoms with E-state index >= 15 is 0 Å². The molecule has 0 bridgehead atoms. The summed E-state index contributed by atoms with van der Waals surface area (Å²) >= 11 is 6.19. The van der Waals surface area contributed by atoms with Gasteiger partial charge in [0.15, 0.2) is 18.1 Å². The number of nitrogens with zero attached hydrogens (tertiary/aromatic N) is 1. The van der Waals surface area contributed by atoms with Crippen LogP contribution in [0, 0.1) is 0 Å². The number of methoxy groups -OCH3 is 1. The van der Waals surface area contributed by atoms with Gasteiger partial charge in [-0.3, -0.25) is 14.5 Å². The molecule has 1 aromatic rings. The zero-order chi connectivity index (χ0) is 18.0. The summed E-state index contributed by atoms with van der Waals surface area (Å²) < 4.78 is 10.5. The summed E-state index contributed by atoms with van der Waals surface area (Å²) in [6.07, 6.45) is 3.48. The molecule has 25 heavy (non-hydrogen) atoms. The predicted molar refractivity (Wildman–Crippen MR) is 93.2 cm³/mol. The number of carbonyl (C=O) groups excluding carboxylic acids is 2. The molecular weight excluding hydrogens is 346 g/mol. The van der Waals surface area contributed by atoms with Crippen molar-refractivity contribution in [3.05, 3.63) is 22.7 Å². The molecule has 1 saturated heterocycles. The molecule has 2 amide bonds. The number of likely N-dealkylation sites (tertiary alicyclic amines) is 1. The molecule has 136 valence electrons. The first-order chi connectivity index (χ1) is 12.0. The van der Waals surface area contributed by atoms with Crippen molar-refractivity contribution in [2.75, 3.05) is 26.8 Å². The van der Waals surface area contributed by atoms with Gasteiger partial charge in [-0.2, -0.15) is 0 Å². The third kappa shape index (κ3) is 4.35. The second-order valence-electron chi connectivity index (χ2n) is 6.43. The number of nitrogens with two attached hydrogens (primary N) is 1. The van der Waals surface area contributed by atoms with Crippen LogP contribution >= 0.6 is 11.6 Å². The van der Waals surface area contributed by atoms with Crippen LogP contribution in [0.15, 0.2) is 12.1 Å². The lowest BCUT2D eigenvalue weighted by atomic mass is 10.1. The van der Waals surface area contributed by atoms with Crippen LogP contribution in [0.2, 0.25) is 5.02 Å². The Bertz CT molecular complexity index is 678. The van der Waals surface area contributed by atoms with E-state index in [1.165, 1.54) is 26.0 Å². The molecule has 7 nitrogen and oxygen atoms in total. The number of hydrogen-bond donors (Lipinski definition) is 2. The molecule has 0 radical (unpaired) electrons. The van der Waals surface area contributed by atoms with Crippen LogP contribution in [0.25, 0.3) is 0 Å². The average molecular weight is 368 g/mol. The van der Waals surface area contributed by atoms with E-state index in [0.717, 1.165) is 19.5 Å². The van der Waals surface area contributed by atoms with Crippen LogP contribution in [0.3, 0.4) is 0 Å². The minimum absolute atomic E-state index is 0.142. The van der Waals surface area contributed by atoms with E-state index in [0.29, 0.717) is 11.6 Å². The van der Waals surface area contributed by atoms with Gasteiger partial charge in [0.2, 0.25) is 0 Å². The maximum Gasteiger partial charge on any atom is 0.255 e. The van der Waals surface area contributed by atoms with Gasteiger partial charge in [-0.25, -0.2) is 0 Å². The molecule has 3 rings (SSSR count). The lowest BCUT2D eigenvalue weighted by molar-refractivity contribution is -0.119. The monoisotopic (exact) mass is 367 g/mol. The fourth-order valence-corrected chi connectivity index (χ4v) is 3.34. The van der Waals surface area contributed by atoms with Crippen molar-refractivity contribution in [3.63, 3.8) is 0 Å². The van der Waals surface area contributed by atoms with Crippen molar-refractivity contribution in [3.8, 4) is 11.5 Å². The molecule has 0 spiro atoms. The van der Waals surface area contributed by atoms with Gasteiger partial charge in [-0.1, -0.05) is 11.6 Å². The van der Waals surface area contributed by atoms with Crippen LogP contribution in [0.4, 0.5) is 0 Å². The highest BCUT2D eigenvalue weighted by atomic mass is 35.5. The Morgan fingerprint density at radius 3 is 2.76 bits per heavy atom. The fraction of sp³-hybridized carbons (Fsp3) is 0.529. The Balaban J connectivity index is 1.67. The number of nitrogens with one attached hydrogen (secondary N) is 1. The van der Waals surface area contributed by atoms with Gasteiger partial charge in [0.1, 0.15) is 0 Å².